The number of aryl methyl sites for hydroxylation is 1. The lowest BCUT2D eigenvalue weighted by Crippen LogP contribution is -2.38. The number of aliphatic imine (C=N–C) groups is 1. The van der Waals surface area contributed by atoms with Crippen molar-refractivity contribution in [3.63, 3.8) is 0 Å². The number of guanidine groups is 1. The maximum absolute atomic E-state index is 4.77. The van der Waals surface area contributed by atoms with Gasteiger partial charge in [-0.05, 0) is 54.8 Å². The van der Waals surface area contributed by atoms with Crippen molar-refractivity contribution in [3.05, 3.63) is 28.2 Å². The highest BCUT2D eigenvalue weighted by Crippen LogP contribution is 2.33. The minimum atomic E-state index is 0. The van der Waals surface area contributed by atoms with Crippen LogP contribution in [0.15, 0.2) is 27.0 Å². The molecule has 6 nitrogen and oxygen atoms in total. The molecule has 0 aromatic carbocycles. The van der Waals surface area contributed by atoms with Crippen molar-refractivity contribution in [2.24, 2.45) is 4.99 Å². The maximum atomic E-state index is 4.77. The fraction of sp³-hybridized carbons (Fsp3) is 0.667. The summed E-state index contributed by atoms with van der Waals surface area (Å²) in [7, 11) is 0. The molecule has 0 spiro atoms. The van der Waals surface area contributed by atoms with Gasteiger partial charge in [0.05, 0.1) is 0 Å². The van der Waals surface area contributed by atoms with Gasteiger partial charge in [-0.15, -0.1) is 34.2 Å². The van der Waals surface area contributed by atoms with Gasteiger partial charge in [-0.3, -0.25) is 4.99 Å². The van der Waals surface area contributed by atoms with Gasteiger partial charge >= 0.3 is 0 Å². The number of halogens is 1. The first-order valence-electron chi connectivity index (χ1n) is 10.7. The third-order valence-corrected chi connectivity index (χ3v) is 6.80. The predicted octanol–water partition coefficient (Wildman–Crippen LogP) is 5.09. The summed E-state index contributed by atoms with van der Waals surface area (Å²) in [6.45, 7) is 6.87. The third-order valence-electron chi connectivity index (χ3n) is 5.46. The monoisotopic (exact) mass is 562 g/mol. The topological polar surface area (TPSA) is 67.1 Å². The lowest BCUT2D eigenvalue weighted by atomic mass is 10.1. The third kappa shape index (κ3) is 7.12. The standard InChI is InChI=1S/C21H34N6S2.HI/c1-4-22-20(24-14-16(2)17-11-13-29-15-17)23-12-7-10-19-25-26-21(28-3)27(19)18-8-5-6-9-18;/h11,13,15-16,18H,4-10,12,14H2,1-3H3,(H2,22,23,24);1H. The summed E-state index contributed by atoms with van der Waals surface area (Å²) in [6, 6.07) is 2.78. The molecule has 0 amide bonds. The zero-order chi connectivity index (χ0) is 20.5. The van der Waals surface area contributed by atoms with E-state index < -0.39 is 0 Å². The van der Waals surface area contributed by atoms with E-state index in [1.807, 2.05) is 0 Å². The van der Waals surface area contributed by atoms with Gasteiger partial charge in [0.2, 0.25) is 0 Å². The van der Waals surface area contributed by atoms with E-state index in [4.69, 9.17) is 4.99 Å². The average molecular weight is 563 g/mol. The molecule has 2 aromatic rings. The van der Waals surface area contributed by atoms with Crippen LogP contribution in [0.2, 0.25) is 0 Å². The van der Waals surface area contributed by atoms with Crippen molar-refractivity contribution in [3.8, 4) is 0 Å². The molecule has 1 fully saturated rings. The van der Waals surface area contributed by atoms with E-state index in [2.05, 4.69) is 62.3 Å². The normalized spacial score (nSPS) is 15.8. The van der Waals surface area contributed by atoms with Crippen LogP contribution in [0.1, 0.15) is 69.3 Å². The van der Waals surface area contributed by atoms with Crippen LogP contribution in [-0.4, -0.2) is 46.6 Å². The predicted molar refractivity (Wildman–Crippen MR) is 140 cm³/mol. The molecule has 0 aliphatic heterocycles. The largest absolute Gasteiger partial charge is 0.357 e. The molecule has 9 heteroatoms. The molecule has 0 bridgehead atoms. The van der Waals surface area contributed by atoms with E-state index in [0.29, 0.717) is 12.0 Å². The zero-order valence-electron chi connectivity index (χ0n) is 18.3. The highest BCUT2D eigenvalue weighted by atomic mass is 127. The van der Waals surface area contributed by atoms with Gasteiger partial charge in [0, 0.05) is 38.0 Å². The number of rotatable bonds is 10. The first-order valence-corrected chi connectivity index (χ1v) is 12.9. The lowest BCUT2D eigenvalue weighted by Gasteiger charge is -2.16. The van der Waals surface area contributed by atoms with Crippen LogP contribution in [-0.2, 0) is 6.42 Å². The second kappa shape index (κ2) is 13.6. The fourth-order valence-corrected chi connectivity index (χ4v) is 5.19. The molecule has 3 rings (SSSR count). The molecule has 1 aliphatic rings. The molecule has 1 unspecified atom stereocenters. The molecular formula is C21H35IN6S2. The van der Waals surface area contributed by atoms with Crippen LogP contribution in [0.4, 0.5) is 0 Å². The Labute approximate surface area is 206 Å². The smallest absolute Gasteiger partial charge is 0.191 e. The number of hydrogen-bond donors (Lipinski definition) is 2. The van der Waals surface area contributed by atoms with Gasteiger partial charge in [0.1, 0.15) is 5.82 Å². The van der Waals surface area contributed by atoms with Crippen LogP contribution in [0.3, 0.4) is 0 Å². The van der Waals surface area contributed by atoms with Crippen molar-refractivity contribution in [2.45, 2.75) is 69.5 Å². The zero-order valence-corrected chi connectivity index (χ0v) is 22.2. The van der Waals surface area contributed by atoms with E-state index in [-0.39, 0.29) is 24.0 Å². The van der Waals surface area contributed by atoms with E-state index in [9.17, 15) is 0 Å². The van der Waals surface area contributed by atoms with Crippen molar-refractivity contribution in [1.82, 2.24) is 25.4 Å². The van der Waals surface area contributed by atoms with Crippen molar-refractivity contribution in [2.75, 3.05) is 25.9 Å². The second-order valence-corrected chi connectivity index (χ2v) is 9.17. The molecular weight excluding hydrogens is 527 g/mol. The summed E-state index contributed by atoms with van der Waals surface area (Å²) < 4.78 is 2.40. The molecule has 1 aliphatic carbocycles. The molecule has 168 valence electrons. The Morgan fingerprint density at radius 3 is 2.80 bits per heavy atom. The van der Waals surface area contributed by atoms with Crippen LogP contribution in [0.5, 0.6) is 0 Å². The van der Waals surface area contributed by atoms with E-state index in [0.717, 1.165) is 49.4 Å². The van der Waals surface area contributed by atoms with Crippen molar-refractivity contribution in [1.29, 1.82) is 0 Å². The van der Waals surface area contributed by atoms with Crippen molar-refractivity contribution >= 4 is 53.0 Å². The van der Waals surface area contributed by atoms with Gasteiger partial charge in [-0.25, -0.2) is 0 Å². The first kappa shape index (κ1) is 25.5. The molecule has 2 heterocycles. The van der Waals surface area contributed by atoms with Gasteiger partial charge in [-0.1, -0.05) is 31.5 Å². The van der Waals surface area contributed by atoms with Gasteiger partial charge < -0.3 is 15.2 Å². The summed E-state index contributed by atoms with van der Waals surface area (Å²) in [5.41, 5.74) is 1.37. The van der Waals surface area contributed by atoms with Crippen LogP contribution in [0, 0.1) is 0 Å². The number of thioether (sulfide) groups is 1. The van der Waals surface area contributed by atoms with Gasteiger partial charge in [0.15, 0.2) is 11.1 Å². The molecule has 1 saturated carbocycles. The van der Waals surface area contributed by atoms with Crippen LogP contribution < -0.4 is 10.6 Å². The Kier molecular flexibility index (Phi) is 11.5. The number of thiophene rings is 1. The molecule has 0 saturated heterocycles. The molecule has 2 N–H and O–H groups in total. The highest BCUT2D eigenvalue weighted by molar-refractivity contribution is 14.0. The maximum Gasteiger partial charge on any atom is 0.191 e. The Bertz CT molecular complexity index is 756. The van der Waals surface area contributed by atoms with E-state index >= 15 is 0 Å². The van der Waals surface area contributed by atoms with Crippen molar-refractivity contribution < 1.29 is 0 Å². The minimum absolute atomic E-state index is 0. The lowest BCUT2D eigenvalue weighted by molar-refractivity contribution is 0.460. The van der Waals surface area contributed by atoms with E-state index in [1.54, 1.807) is 23.1 Å². The van der Waals surface area contributed by atoms with Gasteiger partial charge in [-0.2, -0.15) is 11.3 Å². The van der Waals surface area contributed by atoms with E-state index in [1.165, 1.54) is 31.2 Å². The summed E-state index contributed by atoms with van der Waals surface area (Å²) >= 11 is 3.45. The molecule has 30 heavy (non-hydrogen) atoms. The fourth-order valence-electron chi connectivity index (χ4n) is 3.83. The summed E-state index contributed by atoms with van der Waals surface area (Å²) in [6.07, 6.45) is 9.23. The van der Waals surface area contributed by atoms with Crippen LogP contribution in [0.25, 0.3) is 0 Å². The first-order chi connectivity index (χ1) is 14.2. The molecule has 0 radical (unpaired) electrons. The van der Waals surface area contributed by atoms with Crippen LogP contribution >= 0.6 is 47.1 Å². The SMILES string of the molecule is CCNC(=NCC(C)c1ccsc1)NCCCc1nnc(SC)n1C1CCCC1.I. The highest BCUT2D eigenvalue weighted by Gasteiger charge is 2.23. The Balaban J connectivity index is 0.00000320. The Morgan fingerprint density at radius 1 is 1.33 bits per heavy atom. The quantitative estimate of drug-likeness (QED) is 0.139. The van der Waals surface area contributed by atoms with Gasteiger partial charge in [0.25, 0.3) is 0 Å². The molecule has 1 atom stereocenters. The Hall–Kier alpha value is -0.810. The molecule has 2 aromatic heterocycles. The number of nitrogens with one attached hydrogen (secondary N) is 2. The minimum Gasteiger partial charge on any atom is -0.357 e. The number of hydrogen-bond acceptors (Lipinski definition) is 5. The summed E-state index contributed by atoms with van der Waals surface area (Å²) in [5.74, 6) is 2.47. The summed E-state index contributed by atoms with van der Waals surface area (Å²) in [5, 5.41) is 21.2. The second-order valence-electron chi connectivity index (χ2n) is 7.62. The summed E-state index contributed by atoms with van der Waals surface area (Å²) in [4.78, 5) is 4.77. The number of nitrogens with zero attached hydrogens (tertiary/aromatic N) is 4. The Morgan fingerprint density at radius 2 is 2.13 bits per heavy atom. The number of aromatic nitrogens is 3. The average Bonchev–Trinajstić information content (AvgIpc) is 3.49.